The molecule has 0 aliphatic carbocycles. The monoisotopic (exact) mass is 345 g/mol. The van der Waals surface area contributed by atoms with Gasteiger partial charge in [0.2, 0.25) is 6.79 Å². The van der Waals surface area contributed by atoms with Gasteiger partial charge in [0.25, 0.3) is 0 Å². The lowest BCUT2D eigenvalue weighted by molar-refractivity contribution is -0.134. The Morgan fingerprint density at radius 1 is 1.33 bits per heavy atom. The number of fused-ring (bicyclic) bond motifs is 1. The number of carbonyl (C=O) groups is 1. The Hall–Kier alpha value is -2.23. The molecule has 0 saturated heterocycles. The molecule has 0 fully saturated rings. The number of carbonyl (C=O) groups excluding carboxylic acids is 1. The van der Waals surface area contributed by atoms with Crippen molar-refractivity contribution in [1.29, 1.82) is 0 Å². The molecule has 2 N–H and O–H groups in total. The zero-order valence-electron chi connectivity index (χ0n) is 14.6. The predicted octanol–water partition coefficient (Wildman–Crippen LogP) is 2.35. The number of allylic oxidation sites excluding steroid dienone is 1. The summed E-state index contributed by atoms with van der Waals surface area (Å²) < 4.78 is 15.7. The first kappa shape index (κ1) is 18.1. The Balaban J connectivity index is 2.58. The topological polar surface area (TPSA) is 70.8 Å². The van der Waals surface area contributed by atoms with E-state index >= 15 is 0 Å². The fraction of sp³-hybridized carbons (Fsp3) is 0.389. The molecule has 0 atom stereocenters. The molecule has 0 amide bonds. The normalized spacial score (nSPS) is 13.3. The summed E-state index contributed by atoms with van der Waals surface area (Å²) >= 11 is 0. The number of nitrogens with two attached hydrogens (primary N) is 1. The second kappa shape index (κ2) is 7.56. The van der Waals surface area contributed by atoms with Gasteiger partial charge in [-0.05, 0) is 36.2 Å². The SMILES string of the molecule is COC(=O)/C=C(\C#C[Si](C)(C)C)c1cc2c(cc1CCN)OCO2. The van der Waals surface area contributed by atoms with Gasteiger partial charge >= 0.3 is 5.97 Å². The quantitative estimate of drug-likeness (QED) is 0.393. The third-order valence-corrected chi connectivity index (χ3v) is 4.21. The van der Waals surface area contributed by atoms with Crippen molar-refractivity contribution in [1.82, 2.24) is 0 Å². The largest absolute Gasteiger partial charge is 0.466 e. The fourth-order valence-electron chi connectivity index (χ4n) is 2.21. The van der Waals surface area contributed by atoms with Crippen LogP contribution >= 0.6 is 0 Å². The Labute approximate surface area is 143 Å². The van der Waals surface area contributed by atoms with E-state index in [0.29, 0.717) is 30.0 Å². The average molecular weight is 345 g/mol. The van der Waals surface area contributed by atoms with E-state index in [1.54, 1.807) is 0 Å². The molecule has 0 saturated carbocycles. The van der Waals surface area contributed by atoms with Gasteiger partial charge in [0.1, 0.15) is 8.07 Å². The number of ether oxygens (including phenoxy) is 3. The molecule has 1 heterocycles. The molecular weight excluding hydrogens is 322 g/mol. The van der Waals surface area contributed by atoms with E-state index in [2.05, 4.69) is 31.1 Å². The van der Waals surface area contributed by atoms with E-state index in [1.165, 1.54) is 13.2 Å². The summed E-state index contributed by atoms with van der Waals surface area (Å²) in [5.74, 6) is 4.07. The van der Waals surface area contributed by atoms with E-state index < -0.39 is 14.0 Å². The first-order valence-electron chi connectivity index (χ1n) is 7.80. The summed E-state index contributed by atoms with van der Waals surface area (Å²) in [6, 6.07) is 3.77. The molecule has 1 aromatic rings. The molecule has 5 nitrogen and oxygen atoms in total. The van der Waals surface area contributed by atoms with Crippen molar-refractivity contribution >= 4 is 19.6 Å². The molecule has 0 spiro atoms. The highest BCUT2D eigenvalue weighted by Gasteiger charge is 2.19. The molecule has 1 aliphatic rings. The van der Waals surface area contributed by atoms with Crippen LogP contribution in [0.5, 0.6) is 11.5 Å². The van der Waals surface area contributed by atoms with E-state index in [9.17, 15) is 4.79 Å². The van der Waals surface area contributed by atoms with Gasteiger partial charge in [-0.25, -0.2) is 4.79 Å². The number of benzene rings is 1. The summed E-state index contributed by atoms with van der Waals surface area (Å²) in [4.78, 5) is 11.8. The van der Waals surface area contributed by atoms with Gasteiger partial charge in [0.05, 0.1) is 7.11 Å². The lowest BCUT2D eigenvalue weighted by atomic mass is 9.96. The summed E-state index contributed by atoms with van der Waals surface area (Å²) in [5.41, 5.74) is 11.5. The van der Waals surface area contributed by atoms with Crippen LogP contribution < -0.4 is 15.2 Å². The van der Waals surface area contributed by atoms with Crippen LogP contribution in [0.1, 0.15) is 11.1 Å². The number of esters is 1. The molecule has 24 heavy (non-hydrogen) atoms. The molecule has 2 rings (SSSR count). The molecular formula is C18H23NO4Si. The van der Waals surface area contributed by atoms with Gasteiger partial charge in [-0.3, -0.25) is 0 Å². The summed E-state index contributed by atoms with van der Waals surface area (Å²) in [7, 11) is -0.255. The molecule has 0 unspecified atom stereocenters. The zero-order chi connectivity index (χ0) is 17.7. The third kappa shape index (κ3) is 4.63. The van der Waals surface area contributed by atoms with Crippen LogP contribution in [0.2, 0.25) is 19.6 Å². The van der Waals surface area contributed by atoms with Crippen LogP contribution in [-0.2, 0) is 16.0 Å². The van der Waals surface area contributed by atoms with Gasteiger partial charge in [-0.15, -0.1) is 5.54 Å². The highest BCUT2D eigenvalue weighted by molar-refractivity contribution is 6.84. The van der Waals surface area contributed by atoms with Crippen molar-refractivity contribution in [3.63, 3.8) is 0 Å². The number of rotatable bonds is 4. The van der Waals surface area contributed by atoms with Crippen molar-refractivity contribution in [2.75, 3.05) is 20.4 Å². The fourth-order valence-corrected chi connectivity index (χ4v) is 2.72. The van der Waals surface area contributed by atoms with Gasteiger partial charge in [-0.2, -0.15) is 0 Å². The average Bonchev–Trinajstić information content (AvgIpc) is 2.97. The second-order valence-electron chi connectivity index (χ2n) is 6.48. The Morgan fingerprint density at radius 3 is 2.58 bits per heavy atom. The smallest absolute Gasteiger partial charge is 0.331 e. The van der Waals surface area contributed by atoms with Crippen LogP contribution in [0.4, 0.5) is 0 Å². The first-order valence-corrected chi connectivity index (χ1v) is 11.3. The first-order chi connectivity index (χ1) is 11.3. The Kier molecular flexibility index (Phi) is 5.70. The number of hydrogen-bond acceptors (Lipinski definition) is 5. The second-order valence-corrected chi connectivity index (χ2v) is 11.2. The van der Waals surface area contributed by atoms with Gasteiger partial charge in [0, 0.05) is 11.6 Å². The molecule has 0 bridgehead atoms. The maximum atomic E-state index is 11.8. The van der Waals surface area contributed by atoms with Crippen LogP contribution in [0.25, 0.3) is 5.57 Å². The van der Waals surface area contributed by atoms with Crippen LogP contribution in [0.3, 0.4) is 0 Å². The van der Waals surface area contributed by atoms with Crippen molar-refractivity contribution < 1.29 is 19.0 Å². The minimum absolute atomic E-state index is 0.192. The molecule has 128 valence electrons. The Morgan fingerprint density at radius 2 is 2.00 bits per heavy atom. The van der Waals surface area contributed by atoms with Gasteiger partial charge < -0.3 is 19.9 Å². The molecule has 0 aromatic heterocycles. The summed E-state index contributed by atoms with van der Waals surface area (Å²) in [5, 5.41) is 0. The van der Waals surface area contributed by atoms with E-state index in [1.807, 2.05) is 12.1 Å². The predicted molar refractivity (Wildman–Crippen MR) is 96.4 cm³/mol. The number of hydrogen-bond donors (Lipinski definition) is 1. The minimum atomic E-state index is -1.61. The molecule has 0 radical (unpaired) electrons. The third-order valence-electron chi connectivity index (χ3n) is 3.34. The van der Waals surface area contributed by atoms with Crippen LogP contribution in [-0.4, -0.2) is 34.5 Å². The maximum Gasteiger partial charge on any atom is 0.331 e. The molecule has 1 aromatic carbocycles. The minimum Gasteiger partial charge on any atom is -0.466 e. The van der Waals surface area contributed by atoms with Gasteiger partial charge in [0.15, 0.2) is 11.5 Å². The van der Waals surface area contributed by atoms with Crippen molar-refractivity contribution in [3.05, 3.63) is 29.3 Å². The Bertz CT molecular complexity index is 723. The highest BCUT2D eigenvalue weighted by Crippen LogP contribution is 2.37. The van der Waals surface area contributed by atoms with Crippen LogP contribution in [0.15, 0.2) is 18.2 Å². The van der Waals surface area contributed by atoms with E-state index in [4.69, 9.17) is 19.9 Å². The lowest BCUT2D eigenvalue weighted by Crippen LogP contribution is -2.16. The molecule has 1 aliphatic heterocycles. The highest BCUT2D eigenvalue weighted by atomic mass is 28.3. The van der Waals surface area contributed by atoms with Crippen molar-refractivity contribution in [2.24, 2.45) is 5.73 Å². The van der Waals surface area contributed by atoms with E-state index in [0.717, 1.165) is 11.1 Å². The van der Waals surface area contributed by atoms with Crippen molar-refractivity contribution in [2.45, 2.75) is 26.1 Å². The summed E-state index contributed by atoms with van der Waals surface area (Å²) in [6.45, 7) is 7.12. The maximum absolute atomic E-state index is 11.8. The lowest BCUT2D eigenvalue weighted by Gasteiger charge is -2.11. The van der Waals surface area contributed by atoms with Gasteiger partial charge in [-0.1, -0.05) is 25.6 Å². The molecule has 6 heteroatoms. The zero-order valence-corrected chi connectivity index (χ0v) is 15.6. The van der Waals surface area contributed by atoms with Crippen LogP contribution in [0, 0.1) is 11.5 Å². The number of methoxy groups -OCH3 is 1. The summed E-state index contributed by atoms with van der Waals surface area (Å²) in [6.07, 6.45) is 2.07. The van der Waals surface area contributed by atoms with Crippen molar-refractivity contribution in [3.8, 4) is 23.0 Å². The standard InChI is InChI=1S/C18H23NO4Si/c1-21-18(20)10-14(6-8-24(2,3)4)15-11-17-16(22-12-23-17)9-13(15)5-7-19/h9-11H,5,7,12,19H2,1-4H3/b14-10+. The van der Waals surface area contributed by atoms with E-state index in [-0.39, 0.29) is 6.79 Å².